The second kappa shape index (κ2) is 8.71. The number of piperidine rings is 1. The van der Waals surface area contributed by atoms with Crippen LogP contribution in [0.5, 0.6) is 5.88 Å². The molecule has 144 valence electrons. The van der Waals surface area contributed by atoms with Crippen LogP contribution in [-0.2, 0) is 0 Å². The molecule has 3 heterocycles. The Morgan fingerprint density at radius 1 is 1.23 bits per heavy atom. The third-order valence-electron chi connectivity index (χ3n) is 5.75. The van der Waals surface area contributed by atoms with Crippen molar-refractivity contribution < 1.29 is 14.6 Å². The maximum Gasteiger partial charge on any atom is 0.407 e. The molecule has 2 aliphatic heterocycles. The van der Waals surface area contributed by atoms with E-state index in [-0.39, 0.29) is 0 Å². The van der Waals surface area contributed by atoms with Gasteiger partial charge in [0, 0.05) is 30.9 Å². The van der Waals surface area contributed by atoms with E-state index in [4.69, 9.17) is 4.74 Å². The number of amides is 1. The van der Waals surface area contributed by atoms with Crippen LogP contribution in [0.25, 0.3) is 0 Å². The fourth-order valence-corrected chi connectivity index (χ4v) is 4.34. The average molecular weight is 361 g/mol. The van der Waals surface area contributed by atoms with Crippen molar-refractivity contribution in [1.82, 2.24) is 14.8 Å². The van der Waals surface area contributed by atoms with E-state index in [0.717, 1.165) is 51.1 Å². The van der Waals surface area contributed by atoms with Gasteiger partial charge in [0.1, 0.15) is 0 Å². The minimum Gasteiger partial charge on any atom is -0.478 e. The molecule has 0 aliphatic carbocycles. The molecule has 26 heavy (non-hydrogen) atoms. The molecular weight excluding hydrogens is 330 g/mol. The first kappa shape index (κ1) is 19.0. The van der Waals surface area contributed by atoms with Crippen LogP contribution in [0.3, 0.4) is 0 Å². The first-order valence-corrected chi connectivity index (χ1v) is 9.89. The standard InChI is InChI=1S/C20H31N3O3/c1-3-26-19-18(13-15(2)14-21-19)16-6-10-22(11-7-16)17-5-4-9-23(12-8-17)20(24)25/h13-14,16-17H,3-12H2,1-2H3,(H,24,25). The minimum absolute atomic E-state index is 0.501. The molecule has 0 spiro atoms. The Bertz CT molecular complexity index is 614. The van der Waals surface area contributed by atoms with E-state index in [0.29, 0.717) is 31.7 Å². The van der Waals surface area contributed by atoms with Crippen molar-refractivity contribution in [1.29, 1.82) is 0 Å². The third kappa shape index (κ3) is 4.47. The molecule has 1 aromatic rings. The molecule has 2 saturated heterocycles. The summed E-state index contributed by atoms with van der Waals surface area (Å²) in [7, 11) is 0. The molecule has 1 N–H and O–H groups in total. The normalized spacial score (nSPS) is 22.8. The predicted molar refractivity (Wildman–Crippen MR) is 101 cm³/mol. The zero-order valence-electron chi connectivity index (χ0n) is 16.0. The summed E-state index contributed by atoms with van der Waals surface area (Å²) >= 11 is 0. The quantitative estimate of drug-likeness (QED) is 0.889. The van der Waals surface area contributed by atoms with Crippen molar-refractivity contribution >= 4 is 6.09 Å². The van der Waals surface area contributed by atoms with E-state index in [9.17, 15) is 9.90 Å². The van der Waals surface area contributed by atoms with Gasteiger partial charge in [0.15, 0.2) is 0 Å². The zero-order valence-corrected chi connectivity index (χ0v) is 16.0. The topological polar surface area (TPSA) is 65.9 Å². The summed E-state index contributed by atoms with van der Waals surface area (Å²) in [5, 5.41) is 9.21. The van der Waals surface area contributed by atoms with Gasteiger partial charge < -0.3 is 19.6 Å². The van der Waals surface area contributed by atoms with Gasteiger partial charge in [-0.3, -0.25) is 0 Å². The number of aryl methyl sites for hydroxylation is 1. The molecule has 1 amide bonds. The Morgan fingerprint density at radius 2 is 2.00 bits per heavy atom. The lowest BCUT2D eigenvalue weighted by Gasteiger charge is -2.37. The van der Waals surface area contributed by atoms with E-state index in [1.54, 1.807) is 4.90 Å². The van der Waals surface area contributed by atoms with Gasteiger partial charge in [-0.05, 0) is 76.6 Å². The van der Waals surface area contributed by atoms with E-state index >= 15 is 0 Å². The molecule has 6 nitrogen and oxygen atoms in total. The Hall–Kier alpha value is -1.82. The molecule has 1 atom stereocenters. The Balaban J connectivity index is 1.59. The lowest BCUT2D eigenvalue weighted by Crippen LogP contribution is -2.41. The highest BCUT2D eigenvalue weighted by atomic mass is 16.5. The molecule has 0 saturated carbocycles. The number of aromatic nitrogens is 1. The van der Waals surface area contributed by atoms with E-state index in [2.05, 4.69) is 22.9 Å². The van der Waals surface area contributed by atoms with Gasteiger partial charge in [-0.15, -0.1) is 0 Å². The summed E-state index contributed by atoms with van der Waals surface area (Å²) in [5.74, 6) is 1.30. The molecular formula is C20H31N3O3. The van der Waals surface area contributed by atoms with E-state index in [1.807, 2.05) is 13.1 Å². The summed E-state index contributed by atoms with van der Waals surface area (Å²) in [6, 6.07) is 2.75. The monoisotopic (exact) mass is 361 g/mol. The van der Waals surface area contributed by atoms with Crippen LogP contribution < -0.4 is 4.74 Å². The van der Waals surface area contributed by atoms with Gasteiger partial charge in [-0.25, -0.2) is 9.78 Å². The molecule has 0 aromatic carbocycles. The SMILES string of the molecule is CCOc1ncc(C)cc1C1CCN(C2CCCN(C(=O)O)CC2)CC1. The van der Waals surface area contributed by atoms with E-state index in [1.165, 1.54) is 11.1 Å². The van der Waals surface area contributed by atoms with Crippen molar-refractivity contribution in [2.45, 2.75) is 57.9 Å². The van der Waals surface area contributed by atoms with Crippen LogP contribution in [0.2, 0.25) is 0 Å². The lowest BCUT2D eigenvalue weighted by molar-refractivity contribution is 0.131. The van der Waals surface area contributed by atoms with Crippen LogP contribution in [-0.4, -0.2) is 64.8 Å². The van der Waals surface area contributed by atoms with Gasteiger partial charge in [-0.2, -0.15) is 0 Å². The van der Waals surface area contributed by atoms with Crippen molar-refractivity contribution in [2.75, 3.05) is 32.8 Å². The van der Waals surface area contributed by atoms with Crippen LogP contribution >= 0.6 is 0 Å². The zero-order chi connectivity index (χ0) is 18.5. The smallest absolute Gasteiger partial charge is 0.407 e. The summed E-state index contributed by atoms with van der Waals surface area (Å²) in [4.78, 5) is 19.8. The van der Waals surface area contributed by atoms with Gasteiger partial charge in [-0.1, -0.05) is 0 Å². The van der Waals surface area contributed by atoms with Crippen LogP contribution in [0.15, 0.2) is 12.3 Å². The first-order chi connectivity index (χ1) is 12.6. The highest BCUT2D eigenvalue weighted by Gasteiger charge is 2.29. The Kier molecular flexibility index (Phi) is 6.35. The number of pyridine rings is 1. The summed E-state index contributed by atoms with van der Waals surface area (Å²) in [6.07, 6.45) is 6.35. The number of hydrogen-bond donors (Lipinski definition) is 1. The fraction of sp³-hybridized carbons (Fsp3) is 0.700. The van der Waals surface area contributed by atoms with Crippen LogP contribution in [0, 0.1) is 6.92 Å². The van der Waals surface area contributed by atoms with Crippen molar-refractivity contribution in [3.63, 3.8) is 0 Å². The second-order valence-corrected chi connectivity index (χ2v) is 7.50. The van der Waals surface area contributed by atoms with Crippen LogP contribution in [0.1, 0.15) is 56.1 Å². The maximum atomic E-state index is 11.2. The molecule has 2 fully saturated rings. The largest absolute Gasteiger partial charge is 0.478 e. The van der Waals surface area contributed by atoms with Crippen molar-refractivity contribution in [3.8, 4) is 5.88 Å². The number of ether oxygens (including phenoxy) is 1. The Morgan fingerprint density at radius 3 is 2.69 bits per heavy atom. The lowest BCUT2D eigenvalue weighted by atomic mass is 9.88. The maximum absolute atomic E-state index is 11.2. The third-order valence-corrected chi connectivity index (χ3v) is 5.75. The van der Waals surface area contributed by atoms with Gasteiger partial charge in [0.25, 0.3) is 0 Å². The number of carboxylic acid groups (broad SMARTS) is 1. The van der Waals surface area contributed by atoms with Crippen molar-refractivity contribution in [2.24, 2.45) is 0 Å². The van der Waals surface area contributed by atoms with Crippen LogP contribution in [0.4, 0.5) is 4.79 Å². The molecule has 2 aliphatic rings. The van der Waals surface area contributed by atoms with Crippen molar-refractivity contribution in [3.05, 3.63) is 23.4 Å². The molecule has 1 aromatic heterocycles. The molecule has 0 bridgehead atoms. The fourth-order valence-electron chi connectivity index (χ4n) is 4.34. The molecule has 3 rings (SSSR count). The summed E-state index contributed by atoms with van der Waals surface area (Å²) in [5.41, 5.74) is 2.44. The van der Waals surface area contributed by atoms with Gasteiger partial charge >= 0.3 is 6.09 Å². The molecule has 0 radical (unpaired) electrons. The first-order valence-electron chi connectivity index (χ1n) is 9.89. The Labute approximate surface area is 156 Å². The number of carbonyl (C=O) groups is 1. The van der Waals surface area contributed by atoms with Gasteiger partial charge in [0.2, 0.25) is 5.88 Å². The minimum atomic E-state index is -0.778. The summed E-state index contributed by atoms with van der Waals surface area (Å²) < 4.78 is 5.75. The molecule has 6 heteroatoms. The van der Waals surface area contributed by atoms with E-state index < -0.39 is 6.09 Å². The highest BCUT2D eigenvalue weighted by Crippen LogP contribution is 2.35. The molecule has 1 unspecified atom stereocenters. The average Bonchev–Trinajstić information content (AvgIpc) is 2.90. The number of hydrogen-bond acceptors (Lipinski definition) is 4. The number of rotatable bonds is 4. The van der Waals surface area contributed by atoms with Gasteiger partial charge in [0.05, 0.1) is 6.61 Å². The highest BCUT2D eigenvalue weighted by molar-refractivity contribution is 5.64. The number of likely N-dealkylation sites (tertiary alicyclic amines) is 2. The summed E-state index contributed by atoms with van der Waals surface area (Å²) in [6.45, 7) is 8.21. The predicted octanol–water partition coefficient (Wildman–Crippen LogP) is 3.50. The number of nitrogens with zero attached hydrogens (tertiary/aromatic N) is 3. The second-order valence-electron chi connectivity index (χ2n) is 7.50.